The highest BCUT2D eigenvalue weighted by Crippen LogP contribution is 2.30. The monoisotopic (exact) mass is 245 g/mol. The molecule has 0 fully saturated rings. The van der Waals surface area contributed by atoms with Crippen LogP contribution in [0.25, 0.3) is 0 Å². The van der Waals surface area contributed by atoms with Gasteiger partial charge in [-0.3, -0.25) is 0 Å². The van der Waals surface area contributed by atoms with Crippen LogP contribution in [0.4, 0.5) is 5.69 Å². The first-order valence-electron chi connectivity index (χ1n) is 6.08. The lowest BCUT2D eigenvalue weighted by Crippen LogP contribution is -1.97. The summed E-state index contributed by atoms with van der Waals surface area (Å²) in [7, 11) is 1.84. The molecule has 2 rings (SSSR count). The number of anilines is 1. The molecule has 4 heteroatoms. The zero-order valence-electron chi connectivity index (χ0n) is 11.3. The molecule has 0 unspecified atom stereocenters. The highest BCUT2D eigenvalue weighted by Gasteiger charge is 2.14. The lowest BCUT2D eigenvalue weighted by atomic mass is 10.1. The highest BCUT2D eigenvalue weighted by molar-refractivity contribution is 5.54. The van der Waals surface area contributed by atoms with E-state index in [9.17, 15) is 0 Å². The number of aromatic nitrogens is 2. The number of hydrogen-bond acceptors (Lipinski definition) is 3. The number of benzene rings is 1. The Morgan fingerprint density at radius 3 is 2.33 bits per heavy atom. The minimum absolute atomic E-state index is 0.608. The molecule has 0 atom stereocenters. The first-order valence-corrected chi connectivity index (χ1v) is 6.08. The average Bonchev–Trinajstić information content (AvgIpc) is 2.55. The van der Waals surface area contributed by atoms with Crippen LogP contribution in [0.2, 0.25) is 0 Å². The van der Waals surface area contributed by atoms with Crippen molar-refractivity contribution in [1.82, 2.24) is 9.78 Å². The molecule has 0 saturated heterocycles. The van der Waals surface area contributed by atoms with Crippen molar-refractivity contribution in [2.45, 2.75) is 27.2 Å². The zero-order valence-corrected chi connectivity index (χ0v) is 11.3. The van der Waals surface area contributed by atoms with Gasteiger partial charge in [0.1, 0.15) is 11.4 Å². The molecule has 2 aromatic rings. The third-order valence-electron chi connectivity index (χ3n) is 2.85. The Balaban J connectivity index is 2.36. The van der Waals surface area contributed by atoms with Gasteiger partial charge >= 0.3 is 0 Å². The van der Waals surface area contributed by atoms with E-state index in [1.807, 2.05) is 40.0 Å². The van der Waals surface area contributed by atoms with Crippen LogP contribution in [0.1, 0.15) is 23.7 Å². The summed E-state index contributed by atoms with van der Waals surface area (Å²) < 4.78 is 7.55. The van der Waals surface area contributed by atoms with Crippen molar-refractivity contribution in [3.8, 4) is 11.6 Å². The fourth-order valence-electron chi connectivity index (χ4n) is 2.06. The fraction of sp³-hybridized carbons (Fsp3) is 0.357. The van der Waals surface area contributed by atoms with E-state index in [0.717, 1.165) is 17.9 Å². The Morgan fingerprint density at radius 1 is 1.22 bits per heavy atom. The average molecular weight is 245 g/mol. The normalized spacial score (nSPS) is 10.7. The van der Waals surface area contributed by atoms with Crippen molar-refractivity contribution in [2.75, 3.05) is 5.73 Å². The summed E-state index contributed by atoms with van der Waals surface area (Å²) in [5.41, 5.74) is 9.86. The second-order valence-electron chi connectivity index (χ2n) is 4.57. The van der Waals surface area contributed by atoms with Crippen molar-refractivity contribution in [1.29, 1.82) is 0 Å². The maximum absolute atomic E-state index is 6.03. The summed E-state index contributed by atoms with van der Waals surface area (Å²) in [6.45, 7) is 6.12. The molecule has 0 saturated carbocycles. The molecule has 0 bridgehead atoms. The Labute approximate surface area is 107 Å². The van der Waals surface area contributed by atoms with Crippen LogP contribution in [0, 0.1) is 13.8 Å². The molecular weight excluding hydrogens is 226 g/mol. The van der Waals surface area contributed by atoms with Crippen LogP contribution in [0.15, 0.2) is 18.2 Å². The van der Waals surface area contributed by atoms with Gasteiger partial charge in [-0.15, -0.1) is 0 Å². The van der Waals surface area contributed by atoms with Crippen LogP contribution in [0.3, 0.4) is 0 Å². The first kappa shape index (κ1) is 12.5. The molecule has 0 aliphatic rings. The van der Waals surface area contributed by atoms with Gasteiger partial charge < -0.3 is 10.5 Å². The summed E-state index contributed by atoms with van der Waals surface area (Å²) in [5.74, 6) is 1.40. The van der Waals surface area contributed by atoms with Gasteiger partial charge in [0.25, 0.3) is 0 Å². The molecule has 2 N–H and O–H groups in total. The molecule has 0 amide bonds. The van der Waals surface area contributed by atoms with Crippen molar-refractivity contribution in [3.63, 3.8) is 0 Å². The van der Waals surface area contributed by atoms with E-state index in [1.165, 1.54) is 11.1 Å². The summed E-state index contributed by atoms with van der Waals surface area (Å²) in [6.07, 6.45) is 0.801. The number of rotatable bonds is 3. The third-order valence-corrected chi connectivity index (χ3v) is 2.85. The molecule has 0 aliphatic carbocycles. The Bertz CT molecular complexity index is 552. The SMILES string of the molecule is CCc1nn(C)c(Oc2cc(C)cc(C)c2)c1N. The Kier molecular flexibility index (Phi) is 3.28. The van der Waals surface area contributed by atoms with Crippen molar-refractivity contribution < 1.29 is 4.74 Å². The number of nitrogens with zero attached hydrogens (tertiary/aromatic N) is 2. The van der Waals surface area contributed by atoms with Crippen molar-refractivity contribution in [2.24, 2.45) is 7.05 Å². The van der Waals surface area contributed by atoms with E-state index >= 15 is 0 Å². The number of nitrogens with two attached hydrogens (primary N) is 1. The van der Waals surface area contributed by atoms with Crippen LogP contribution in [-0.4, -0.2) is 9.78 Å². The van der Waals surface area contributed by atoms with E-state index in [0.29, 0.717) is 11.6 Å². The molecule has 1 aromatic carbocycles. The minimum atomic E-state index is 0.608. The number of ether oxygens (including phenoxy) is 1. The van der Waals surface area contributed by atoms with E-state index < -0.39 is 0 Å². The van der Waals surface area contributed by atoms with Gasteiger partial charge in [-0.1, -0.05) is 13.0 Å². The summed E-state index contributed by atoms with van der Waals surface area (Å²) in [5, 5.41) is 4.34. The largest absolute Gasteiger partial charge is 0.437 e. The van der Waals surface area contributed by atoms with E-state index in [2.05, 4.69) is 11.2 Å². The number of aryl methyl sites for hydroxylation is 4. The smallest absolute Gasteiger partial charge is 0.241 e. The molecule has 0 radical (unpaired) electrons. The number of hydrogen-bond donors (Lipinski definition) is 1. The Hall–Kier alpha value is -1.97. The molecule has 0 spiro atoms. The van der Waals surface area contributed by atoms with Crippen LogP contribution in [-0.2, 0) is 13.5 Å². The molecule has 96 valence electrons. The maximum Gasteiger partial charge on any atom is 0.241 e. The second-order valence-corrected chi connectivity index (χ2v) is 4.57. The zero-order chi connectivity index (χ0) is 13.3. The predicted octanol–water partition coefficient (Wildman–Crippen LogP) is 2.97. The van der Waals surface area contributed by atoms with E-state index in [1.54, 1.807) is 4.68 Å². The van der Waals surface area contributed by atoms with Crippen LogP contribution >= 0.6 is 0 Å². The van der Waals surface area contributed by atoms with Crippen LogP contribution in [0.5, 0.6) is 11.6 Å². The van der Waals surface area contributed by atoms with Gasteiger partial charge in [-0.05, 0) is 43.5 Å². The van der Waals surface area contributed by atoms with E-state index in [4.69, 9.17) is 10.5 Å². The second kappa shape index (κ2) is 4.72. The first-order chi connectivity index (χ1) is 8.51. The van der Waals surface area contributed by atoms with Crippen molar-refractivity contribution >= 4 is 5.69 Å². The lowest BCUT2D eigenvalue weighted by molar-refractivity contribution is 0.432. The standard InChI is InChI=1S/C14H19N3O/c1-5-12-13(15)14(17(4)16-12)18-11-7-9(2)6-10(3)8-11/h6-8H,5,15H2,1-4H3. The van der Waals surface area contributed by atoms with Gasteiger partial charge in [0, 0.05) is 7.05 Å². The molecule has 4 nitrogen and oxygen atoms in total. The summed E-state index contributed by atoms with van der Waals surface area (Å²) >= 11 is 0. The molecule has 1 heterocycles. The van der Waals surface area contributed by atoms with Crippen LogP contribution < -0.4 is 10.5 Å². The van der Waals surface area contributed by atoms with Gasteiger partial charge in [0.15, 0.2) is 0 Å². The topological polar surface area (TPSA) is 53.1 Å². The fourth-order valence-corrected chi connectivity index (χ4v) is 2.06. The van der Waals surface area contributed by atoms with Gasteiger partial charge in [0.2, 0.25) is 5.88 Å². The maximum atomic E-state index is 6.03. The minimum Gasteiger partial charge on any atom is -0.437 e. The van der Waals surface area contributed by atoms with E-state index in [-0.39, 0.29) is 0 Å². The third kappa shape index (κ3) is 2.32. The predicted molar refractivity (Wildman–Crippen MR) is 73.0 cm³/mol. The van der Waals surface area contributed by atoms with Gasteiger partial charge in [-0.25, -0.2) is 4.68 Å². The Morgan fingerprint density at radius 2 is 1.83 bits per heavy atom. The van der Waals surface area contributed by atoms with Gasteiger partial charge in [0.05, 0.1) is 5.69 Å². The number of nitrogen functional groups attached to an aromatic ring is 1. The molecule has 1 aromatic heterocycles. The molecular formula is C14H19N3O. The molecule has 18 heavy (non-hydrogen) atoms. The molecule has 0 aliphatic heterocycles. The lowest BCUT2D eigenvalue weighted by Gasteiger charge is -2.08. The highest BCUT2D eigenvalue weighted by atomic mass is 16.5. The summed E-state index contributed by atoms with van der Waals surface area (Å²) in [4.78, 5) is 0. The van der Waals surface area contributed by atoms with Gasteiger partial charge in [-0.2, -0.15) is 5.10 Å². The quantitative estimate of drug-likeness (QED) is 0.904. The van der Waals surface area contributed by atoms with Crippen molar-refractivity contribution in [3.05, 3.63) is 35.0 Å². The summed E-state index contributed by atoms with van der Waals surface area (Å²) in [6, 6.07) is 6.09.